The summed E-state index contributed by atoms with van der Waals surface area (Å²) in [5.74, 6) is 0.903. The highest BCUT2D eigenvalue weighted by atomic mass is 16.5. The lowest BCUT2D eigenvalue weighted by Gasteiger charge is -2.59. The van der Waals surface area contributed by atoms with Crippen LogP contribution in [0.5, 0.6) is 0 Å². The molecule has 2 unspecified atom stereocenters. The van der Waals surface area contributed by atoms with E-state index in [4.69, 9.17) is 4.74 Å². The molecule has 0 radical (unpaired) electrons. The molecule has 2 atom stereocenters. The van der Waals surface area contributed by atoms with E-state index < -0.39 is 0 Å². The third-order valence-corrected chi connectivity index (χ3v) is 5.33. The van der Waals surface area contributed by atoms with Crippen molar-refractivity contribution in [1.29, 1.82) is 0 Å². The van der Waals surface area contributed by atoms with Gasteiger partial charge < -0.3 is 15.0 Å². The van der Waals surface area contributed by atoms with Gasteiger partial charge in [0.25, 0.3) is 0 Å². The third kappa shape index (κ3) is 2.84. The van der Waals surface area contributed by atoms with Gasteiger partial charge in [0.05, 0.1) is 11.8 Å². The Hall–Kier alpha value is -1.56. The number of guanidine groups is 1. The molecule has 1 aromatic heterocycles. The van der Waals surface area contributed by atoms with Gasteiger partial charge >= 0.3 is 0 Å². The summed E-state index contributed by atoms with van der Waals surface area (Å²) in [6.45, 7) is 7.44. The minimum Gasteiger partial charge on any atom is -0.378 e. The van der Waals surface area contributed by atoms with E-state index in [1.54, 1.807) is 7.11 Å². The second kappa shape index (κ2) is 5.91. The van der Waals surface area contributed by atoms with Crippen LogP contribution in [0.25, 0.3) is 0 Å². The molecule has 0 bridgehead atoms. The van der Waals surface area contributed by atoms with Crippen LogP contribution in [0.15, 0.2) is 17.4 Å². The van der Waals surface area contributed by atoms with Crippen molar-refractivity contribution in [2.45, 2.75) is 45.4 Å². The number of aliphatic imine (C=N–C) groups is 1. The normalized spacial score (nSPS) is 27.4. The standard InChI is InChI=1S/C16H29N5O/c1-15(2)13(8-16(15,3)22-7)19-14(17-4)20(5)10-12-9-18-21(6)11-12/h9,11,13H,8,10H2,1-7H3,(H,17,19). The van der Waals surface area contributed by atoms with Crippen LogP contribution in [0, 0.1) is 5.41 Å². The summed E-state index contributed by atoms with van der Waals surface area (Å²) < 4.78 is 7.51. The number of hydrogen-bond acceptors (Lipinski definition) is 3. The second-order valence-corrected chi connectivity index (χ2v) is 6.98. The Morgan fingerprint density at radius 1 is 1.55 bits per heavy atom. The van der Waals surface area contributed by atoms with Crippen LogP contribution >= 0.6 is 0 Å². The maximum absolute atomic E-state index is 5.69. The van der Waals surface area contributed by atoms with Gasteiger partial charge in [0.2, 0.25) is 0 Å². The molecule has 6 nitrogen and oxygen atoms in total. The number of hydrogen-bond donors (Lipinski definition) is 1. The summed E-state index contributed by atoms with van der Waals surface area (Å²) >= 11 is 0. The molecular weight excluding hydrogens is 278 g/mol. The lowest BCUT2D eigenvalue weighted by Crippen LogP contribution is -2.69. The Bertz CT molecular complexity index is 550. The monoisotopic (exact) mass is 307 g/mol. The van der Waals surface area contributed by atoms with E-state index in [-0.39, 0.29) is 11.0 Å². The smallest absolute Gasteiger partial charge is 0.193 e. The van der Waals surface area contributed by atoms with Crippen molar-refractivity contribution in [2.75, 3.05) is 21.2 Å². The summed E-state index contributed by atoms with van der Waals surface area (Å²) in [7, 11) is 7.59. The molecule has 124 valence electrons. The second-order valence-electron chi connectivity index (χ2n) is 6.98. The quantitative estimate of drug-likeness (QED) is 0.678. The molecule has 1 aromatic rings. The first kappa shape index (κ1) is 16.8. The Kier molecular flexibility index (Phi) is 4.52. The van der Waals surface area contributed by atoms with Gasteiger partial charge in [-0.25, -0.2) is 0 Å². The lowest BCUT2D eigenvalue weighted by molar-refractivity contribution is -0.176. The van der Waals surface area contributed by atoms with Crippen LogP contribution < -0.4 is 5.32 Å². The molecule has 1 N–H and O–H groups in total. The number of nitrogens with zero attached hydrogens (tertiary/aromatic N) is 4. The van der Waals surface area contributed by atoms with Crippen molar-refractivity contribution in [1.82, 2.24) is 20.0 Å². The fraction of sp³-hybridized carbons (Fsp3) is 0.750. The van der Waals surface area contributed by atoms with Crippen LogP contribution in [0.3, 0.4) is 0 Å². The Morgan fingerprint density at radius 3 is 2.68 bits per heavy atom. The van der Waals surface area contributed by atoms with Gasteiger partial charge in [-0.15, -0.1) is 0 Å². The number of nitrogens with one attached hydrogen (secondary N) is 1. The van der Waals surface area contributed by atoms with Crippen molar-refractivity contribution < 1.29 is 4.74 Å². The molecule has 1 heterocycles. The maximum Gasteiger partial charge on any atom is 0.193 e. The van der Waals surface area contributed by atoms with Gasteiger partial charge in [0.1, 0.15) is 0 Å². The number of aromatic nitrogens is 2. The number of ether oxygens (including phenoxy) is 1. The zero-order chi connectivity index (χ0) is 16.5. The molecule has 2 rings (SSSR count). The summed E-state index contributed by atoms with van der Waals surface area (Å²) in [5, 5.41) is 7.79. The Morgan fingerprint density at radius 2 is 2.23 bits per heavy atom. The van der Waals surface area contributed by atoms with E-state index in [1.807, 2.05) is 38.2 Å². The molecule has 0 aromatic carbocycles. The van der Waals surface area contributed by atoms with Crippen LogP contribution in [0.2, 0.25) is 0 Å². The van der Waals surface area contributed by atoms with Crippen LogP contribution in [-0.2, 0) is 18.3 Å². The average molecular weight is 307 g/mol. The Balaban J connectivity index is 1.99. The van der Waals surface area contributed by atoms with Gasteiger partial charge in [-0.2, -0.15) is 5.10 Å². The first-order chi connectivity index (χ1) is 10.2. The van der Waals surface area contributed by atoms with Crippen LogP contribution in [-0.4, -0.2) is 53.5 Å². The van der Waals surface area contributed by atoms with Crippen LogP contribution in [0.1, 0.15) is 32.8 Å². The molecule has 6 heteroatoms. The van der Waals surface area contributed by atoms with Crippen molar-refractivity contribution in [2.24, 2.45) is 17.5 Å². The van der Waals surface area contributed by atoms with Crippen LogP contribution in [0.4, 0.5) is 0 Å². The highest BCUT2D eigenvalue weighted by Crippen LogP contribution is 2.51. The fourth-order valence-corrected chi connectivity index (χ4v) is 3.13. The largest absolute Gasteiger partial charge is 0.378 e. The minimum atomic E-state index is -0.0779. The number of methoxy groups -OCH3 is 1. The van der Waals surface area contributed by atoms with Gasteiger partial charge in [-0.1, -0.05) is 13.8 Å². The fourth-order valence-electron chi connectivity index (χ4n) is 3.13. The summed E-state index contributed by atoms with van der Waals surface area (Å²) in [6.07, 6.45) is 4.90. The highest BCUT2D eigenvalue weighted by Gasteiger charge is 2.58. The first-order valence-corrected chi connectivity index (χ1v) is 7.70. The van der Waals surface area contributed by atoms with E-state index in [1.165, 1.54) is 5.56 Å². The summed E-state index contributed by atoms with van der Waals surface area (Å²) in [4.78, 5) is 6.54. The maximum atomic E-state index is 5.69. The topological polar surface area (TPSA) is 54.7 Å². The molecule has 0 saturated heterocycles. The average Bonchev–Trinajstić information content (AvgIpc) is 2.87. The van der Waals surface area contributed by atoms with Gasteiger partial charge in [0.15, 0.2) is 5.96 Å². The van der Waals surface area contributed by atoms with Crippen molar-refractivity contribution >= 4 is 5.96 Å². The van der Waals surface area contributed by atoms with E-state index in [9.17, 15) is 0 Å². The molecule has 1 saturated carbocycles. The SMILES string of the molecule is CN=C(NC1CC(C)(OC)C1(C)C)N(C)Cc1cnn(C)c1. The molecule has 1 fully saturated rings. The van der Waals surface area contributed by atoms with E-state index in [2.05, 4.69) is 41.1 Å². The Labute approximate surface area is 133 Å². The molecule has 0 amide bonds. The van der Waals surface area contributed by atoms with E-state index >= 15 is 0 Å². The van der Waals surface area contributed by atoms with E-state index in [0.717, 1.165) is 18.9 Å². The summed E-state index contributed by atoms with van der Waals surface area (Å²) in [6, 6.07) is 0.354. The molecule has 1 aliphatic carbocycles. The van der Waals surface area contributed by atoms with Crippen molar-refractivity contribution in [3.05, 3.63) is 18.0 Å². The predicted octanol–water partition coefficient (Wildman–Crippen LogP) is 1.63. The zero-order valence-corrected chi connectivity index (χ0v) is 14.8. The lowest BCUT2D eigenvalue weighted by atomic mass is 9.56. The first-order valence-electron chi connectivity index (χ1n) is 7.70. The molecule has 22 heavy (non-hydrogen) atoms. The van der Waals surface area contributed by atoms with Gasteiger partial charge in [-0.3, -0.25) is 9.67 Å². The highest BCUT2D eigenvalue weighted by molar-refractivity contribution is 5.80. The molecule has 0 aliphatic heterocycles. The van der Waals surface area contributed by atoms with Crippen molar-refractivity contribution in [3.63, 3.8) is 0 Å². The number of aryl methyl sites for hydroxylation is 1. The predicted molar refractivity (Wildman–Crippen MR) is 88.8 cm³/mol. The molecule has 1 aliphatic rings. The van der Waals surface area contributed by atoms with Crippen molar-refractivity contribution in [3.8, 4) is 0 Å². The third-order valence-electron chi connectivity index (χ3n) is 5.33. The molecule has 0 spiro atoms. The van der Waals surface area contributed by atoms with Gasteiger partial charge in [0, 0.05) is 58.0 Å². The number of rotatable bonds is 4. The molecular formula is C16H29N5O. The van der Waals surface area contributed by atoms with Gasteiger partial charge in [-0.05, 0) is 13.3 Å². The minimum absolute atomic E-state index is 0.0623. The summed E-state index contributed by atoms with van der Waals surface area (Å²) in [5.41, 5.74) is 1.15. The zero-order valence-electron chi connectivity index (χ0n) is 14.8. The van der Waals surface area contributed by atoms with E-state index in [0.29, 0.717) is 6.04 Å².